The maximum atomic E-state index is 11.5. The summed E-state index contributed by atoms with van der Waals surface area (Å²) in [6, 6.07) is 9.72. The standard InChI is InChI=1S/C14H18N4O/c1-11(15)7-14(19)16-8-12-9-17-18(10-12)13-5-3-2-4-6-13/h2-6,9-11H,7-8,15H2,1H3,(H,16,19). The van der Waals surface area contributed by atoms with Crippen LogP contribution in [0.5, 0.6) is 0 Å². The van der Waals surface area contributed by atoms with Crippen LogP contribution in [-0.2, 0) is 11.3 Å². The number of carbonyl (C=O) groups excluding carboxylic acids is 1. The molecule has 0 saturated carbocycles. The van der Waals surface area contributed by atoms with Crippen molar-refractivity contribution in [3.63, 3.8) is 0 Å². The molecule has 0 aliphatic heterocycles. The average molecular weight is 258 g/mol. The first-order valence-electron chi connectivity index (χ1n) is 6.26. The normalized spacial score (nSPS) is 12.1. The molecule has 0 fully saturated rings. The first kappa shape index (κ1) is 13.3. The van der Waals surface area contributed by atoms with Gasteiger partial charge >= 0.3 is 0 Å². The molecule has 2 aromatic rings. The van der Waals surface area contributed by atoms with Crippen molar-refractivity contribution in [2.24, 2.45) is 5.73 Å². The van der Waals surface area contributed by atoms with E-state index >= 15 is 0 Å². The van der Waals surface area contributed by atoms with Gasteiger partial charge in [-0.3, -0.25) is 4.79 Å². The van der Waals surface area contributed by atoms with Crippen LogP contribution in [0, 0.1) is 0 Å². The van der Waals surface area contributed by atoms with E-state index in [0.29, 0.717) is 13.0 Å². The van der Waals surface area contributed by atoms with E-state index in [9.17, 15) is 4.79 Å². The van der Waals surface area contributed by atoms with Gasteiger partial charge in [0.2, 0.25) is 5.91 Å². The molecule has 19 heavy (non-hydrogen) atoms. The molecule has 1 heterocycles. The Bertz CT molecular complexity index is 533. The minimum atomic E-state index is -0.118. The van der Waals surface area contributed by atoms with Crippen molar-refractivity contribution in [2.45, 2.75) is 25.9 Å². The van der Waals surface area contributed by atoms with Crippen LogP contribution in [0.4, 0.5) is 0 Å². The number of rotatable bonds is 5. The largest absolute Gasteiger partial charge is 0.352 e. The summed E-state index contributed by atoms with van der Waals surface area (Å²) >= 11 is 0. The smallest absolute Gasteiger partial charge is 0.221 e. The number of para-hydroxylation sites is 1. The highest BCUT2D eigenvalue weighted by Crippen LogP contribution is 2.07. The molecule has 0 spiro atoms. The Balaban J connectivity index is 1.93. The average Bonchev–Trinajstić information content (AvgIpc) is 2.85. The van der Waals surface area contributed by atoms with E-state index in [1.54, 1.807) is 10.9 Å². The Labute approximate surface area is 112 Å². The molecule has 0 aliphatic rings. The zero-order valence-electron chi connectivity index (χ0n) is 10.9. The third-order valence-electron chi connectivity index (χ3n) is 2.65. The number of amides is 1. The molecule has 1 atom stereocenters. The molecule has 1 aromatic carbocycles. The lowest BCUT2D eigenvalue weighted by atomic mass is 10.2. The molecule has 0 radical (unpaired) electrons. The van der Waals surface area contributed by atoms with E-state index in [-0.39, 0.29) is 11.9 Å². The van der Waals surface area contributed by atoms with Gasteiger partial charge in [0.15, 0.2) is 0 Å². The van der Waals surface area contributed by atoms with Gasteiger partial charge in [0, 0.05) is 30.8 Å². The molecule has 0 saturated heterocycles. The minimum Gasteiger partial charge on any atom is -0.352 e. The molecule has 3 N–H and O–H groups in total. The maximum absolute atomic E-state index is 11.5. The van der Waals surface area contributed by atoms with Crippen LogP contribution in [0.15, 0.2) is 42.7 Å². The molecule has 1 unspecified atom stereocenters. The minimum absolute atomic E-state index is 0.0394. The predicted molar refractivity (Wildman–Crippen MR) is 73.7 cm³/mol. The quantitative estimate of drug-likeness (QED) is 0.847. The Morgan fingerprint density at radius 1 is 1.42 bits per heavy atom. The first-order valence-corrected chi connectivity index (χ1v) is 6.26. The van der Waals surface area contributed by atoms with Gasteiger partial charge in [0.25, 0.3) is 0 Å². The van der Waals surface area contributed by atoms with Crippen LogP contribution in [0.25, 0.3) is 5.69 Å². The van der Waals surface area contributed by atoms with Gasteiger partial charge in [-0.1, -0.05) is 18.2 Å². The van der Waals surface area contributed by atoms with Crippen LogP contribution in [-0.4, -0.2) is 21.7 Å². The van der Waals surface area contributed by atoms with Gasteiger partial charge < -0.3 is 11.1 Å². The summed E-state index contributed by atoms with van der Waals surface area (Å²) in [5, 5.41) is 7.09. The summed E-state index contributed by atoms with van der Waals surface area (Å²) in [4.78, 5) is 11.5. The molecule has 100 valence electrons. The van der Waals surface area contributed by atoms with Crippen molar-refractivity contribution >= 4 is 5.91 Å². The summed E-state index contributed by atoms with van der Waals surface area (Å²) in [5.74, 6) is -0.0394. The summed E-state index contributed by atoms with van der Waals surface area (Å²) in [5.41, 5.74) is 7.52. The second kappa shape index (κ2) is 6.15. The van der Waals surface area contributed by atoms with Crippen LogP contribution in [0.2, 0.25) is 0 Å². The summed E-state index contributed by atoms with van der Waals surface area (Å²) in [7, 11) is 0. The second-order valence-electron chi connectivity index (χ2n) is 4.59. The third-order valence-corrected chi connectivity index (χ3v) is 2.65. The number of nitrogens with one attached hydrogen (secondary N) is 1. The van der Waals surface area contributed by atoms with Gasteiger partial charge in [-0.2, -0.15) is 5.10 Å². The maximum Gasteiger partial charge on any atom is 0.221 e. The Kier molecular flexibility index (Phi) is 4.30. The van der Waals surface area contributed by atoms with Gasteiger partial charge in [-0.05, 0) is 19.1 Å². The van der Waals surface area contributed by atoms with Crippen LogP contribution in [0.3, 0.4) is 0 Å². The number of carbonyl (C=O) groups is 1. The van der Waals surface area contributed by atoms with Crippen LogP contribution in [0.1, 0.15) is 18.9 Å². The highest BCUT2D eigenvalue weighted by atomic mass is 16.1. The fourth-order valence-corrected chi connectivity index (χ4v) is 1.74. The number of hydrogen-bond donors (Lipinski definition) is 2. The lowest BCUT2D eigenvalue weighted by Gasteiger charge is -2.05. The fourth-order valence-electron chi connectivity index (χ4n) is 1.74. The molecule has 1 aromatic heterocycles. The number of nitrogens with two attached hydrogens (primary N) is 1. The number of hydrogen-bond acceptors (Lipinski definition) is 3. The van der Waals surface area contributed by atoms with Gasteiger partial charge in [-0.25, -0.2) is 4.68 Å². The lowest BCUT2D eigenvalue weighted by Crippen LogP contribution is -2.29. The van der Waals surface area contributed by atoms with E-state index in [0.717, 1.165) is 11.3 Å². The van der Waals surface area contributed by atoms with Gasteiger partial charge in [-0.15, -0.1) is 0 Å². The van der Waals surface area contributed by atoms with E-state index in [1.807, 2.05) is 43.5 Å². The van der Waals surface area contributed by atoms with Gasteiger partial charge in [0.05, 0.1) is 11.9 Å². The Hall–Kier alpha value is -2.14. The summed E-state index contributed by atoms with van der Waals surface area (Å²) < 4.78 is 1.78. The molecule has 0 bridgehead atoms. The van der Waals surface area contributed by atoms with E-state index < -0.39 is 0 Å². The topological polar surface area (TPSA) is 72.9 Å². The van der Waals surface area contributed by atoms with E-state index in [1.165, 1.54) is 0 Å². The molecule has 1 amide bonds. The highest BCUT2D eigenvalue weighted by Gasteiger charge is 2.06. The zero-order valence-corrected chi connectivity index (χ0v) is 10.9. The van der Waals surface area contributed by atoms with Crippen molar-refractivity contribution in [1.29, 1.82) is 0 Å². The van der Waals surface area contributed by atoms with E-state index in [2.05, 4.69) is 10.4 Å². The fraction of sp³-hybridized carbons (Fsp3) is 0.286. The predicted octanol–water partition coefficient (Wildman–Crippen LogP) is 1.23. The van der Waals surface area contributed by atoms with Crippen molar-refractivity contribution in [3.05, 3.63) is 48.3 Å². The molecular formula is C14H18N4O. The third kappa shape index (κ3) is 3.93. The number of nitrogens with zero attached hydrogens (tertiary/aromatic N) is 2. The van der Waals surface area contributed by atoms with Gasteiger partial charge in [0.1, 0.15) is 0 Å². The number of benzene rings is 1. The summed E-state index contributed by atoms with van der Waals surface area (Å²) in [6.07, 6.45) is 3.99. The highest BCUT2D eigenvalue weighted by molar-refractivity contribution is 5.76. The lowest BCUT2D eigenvalue weighted by molar-refractivity contribution is -0.121. The molecule has 2 rings (SSSR count). The summed E-state index contributed by atoms with van der Waals surface area (Å²) in [6.45, 7) is 2.28. The van der Waals surface area contributed by atoms with Crippen LogP contribution < -0.4 is 11.1 Å². The number of aromatic nitrogens is 2. The van der Waals surface area contributed by atoms with Crippen LogP contribution >= 0.6 is 0 Å². The van der Waals surface area contributed by atoms with Crippen molar-refractivity contribution in [2.75, 3.05) is 0 Å². The first-order chi connectivity index (χ1) is 9.15. The Morgan fingerprint density at radius 2 is 2.16 bits per heavy atom. The molecular weight excluding hydrogens is 240 g/mol. The van der Waals surface area contributed by atoms with E-state index in [4.69, 9.17) is 5.73 Å². The van der Waals surface area contributed by atoms with Crippen molar-refractivity contribution in [1.82, 2.24) is 15.1 Å². The monoisotopic (exact) mass is 258 g/mol. The zero-order chi connectivity index (χ0) is 13.7. The molecule has 0 aliphatic carbocycles. The second-order valence-corrected chi connectivity index (χ2v) is 4.59. The molecule has 5 heteroatoms. The molecule has 5 nitrogen and oxygen atoms in total. The Morgan fingerprint density at radius 3 is 2.84 bits per heavy atom. The SMILES string of the molecule is CC(N)CC(=O)NCc1cnn(-c2ccccc2)c1. The van der Waals surface area contributed by atoms with Crippen molar-refractivity contribution < 1.29 is 4.79 Å². The van der Waals surface area contributed by atoms with Crippen molar-refractivity contribution in [3.8, 4) is 5.69 Å².